The molecule has 4 heteroatoms. The number of hydrogen-bond acceptors (Lipinski definition) is 0. The summed E-state index contributed by atoms with van der Waals surface area (Å²) in [6, 6.07) is 0. The van der Waals surface area contributed by atoms with Crippen molar-refractivity contribution in [1.29, 1.82) is 0 Å². The molecule has 0 heterocycles. The van der Waals surface area contributed by atoms with Crippen LogP contribution in [0.2, 0.25) is 0 Å². The summed E-state index contributed by atoms with van der Waals surface area (Å²) in [5.41, 5.74) is 0. The lowest BCUT2D eigenvalue weighted by atomic mass is 9.99. The smallest absolute Gasteiger partial charge is 0.238 e. The van der Waals surface area contributed by atoms with Gasteiger partial charge in [0.2, 0.25) is 6.43 Å². The molecule has 0 unspecified atom stereocenters. The molecule has 0 fully saturated rings. The average Bonchev–Trinajstić information content (AvgIpc) is 2.54. The third-order valence-corrected chi connectivity index (χ3v) is 3.94. The van der Waals surface area contributed by atoms with E-state index in [0.29, 0.717) is 0 Å². The minimum absolute atomic E-state index is 0.0278. The van der Waals surface area contributed by atoms with Gasteiger partial charge in [0, 0.05) is 12.3 Å². The predicted octanol–water partition coefficient (Wildman–Crippen LogP) is 9.38. The van der Waals surface area contributed by atoms with Gasteiger partial charge in [0.25, 0.3) is 0 Å². The van der Waals surface area contributed by atoms with Crippen LogP contribution in [0.15, 0.2) is 0 Å². The molecular formula is C23H50F4. The molecule has 0 aromatic carbocycles. The Morgan fingerprint density at radius 1 is 0.667 bits per heavy atom. The van der Waals surface area contributed by atoms with E-state index in [1.807, 2.05) is 13.8 Å². The normalized spacial score (nSPS) is 10.7. The molecule has 170 valence electrons. The highest BCUT2D eigenvalue weighted by molar-refractivity contribution is 4.58. The van der Waals surface area contributed by atoms with Gasteiger partial charge in [-0.05, 0) is 23.7 Å². The number of rotatable bonds is 9. The number of hydrogen-bond donors (Lipinski definition) is 0. The Balaban J connectivity index is -0.000000132. The van der Waals surface area contributed by atoms with Gasteiger partial charge in [-0.25, -0.2) is 8.78 Å². The molecular weight excluding hydrogens is 352 g/mol. The van der Waals surface area contributed by atoms with Crippen LogP contribution in [-0.4, -0.2) is 19.8 Å². The standard InChI is InChI=1S/C7H16.C6H12F2.C5H10F2.C5H12/c1-4-5-6-7(2)3;1-5(2)6(3-7)4-8;1-4(2)3-5(6)7;1-4-5(2)3/h7H,4-6H2,1-3H3;5-6H,3-4H2,1-2H3;4-5H,3H2,1-2H3;5H,4H2,1-3H3. The van der Waals surface area contributed by atoms with E-state index >= 15 is 0 Å². The zero-order chi connectivity index (χ0) is 22.4. The van der Waals surface area contributed by atoms with Gasteiger partial charge >= 0.3 is 0 Å². The highest BCUT2D eigenvalue weighted by Crippen LogP contribution is 2.11. The first kappa shape index (κ1) is 34.2. The topological polar surface area (TPSA) is 0 Å². The highest BCUT2D eigenvalue weighted by atomic mass is 19.3. The Kier molecular flexibility index (Phi) is 32.6. The van der Waals surface area contributed by atoms with Crippen molar-refractivity contribution in [2.45, 2.75) is 108 Å². The van der Waals surface area contributed by atoms with E-state index in [1.54, 1.807) is 13.8 Å². The van der Waals surface area contributed by atoms with Crippen molar-refractivity contribution in [3.8, 4) is 0 Å². The molecule has 0 radical (unpaired) electrons. The van der Waals surface area contributed by atoms with Gasteiger partial charge in [-0.15, -0.1) is 0 Å². The van der Waals surface area contributed by atoms with E-state index in [1.165, 1.54) is 25.7 Å². The second kappa shape index (κ2) is 25.7. The molecule has 0 aliphatic carbocycles. The first-order valence-corrected chi connectivity index (χ1v) is 10.8. The van der Waals surface area contributed by atoms with Crippen LogP contribution < -0.4 is 0 Å². The lowest BCUT2D eigenvalue weighted by Gasteiger charge is -2.10. The van der Waals surface area contributed by atoms with Crippen molar-refractivity contribution < 1.29 is 17.6 Å². The summed E-state index contributed by atoms with van der Waals surface area (Å²) in [4.78, 5) is 0. The second-order valence-corrected chi connectivity index (χ2v) is 8.67. The molecule has 27 heavy (non-hydrogen) atoms. The average molecular weight is 403 g/mol. The van der Waals surface area contributed by atoms with Gasteiger partial charge in [-0.2, -0.15) is 0 Å². The summed E-state index contributed by atoms with van der Waals surface area (Å²) in [6.45, 7) is 19.6. The van der Waals surface area contributed by atoms with E-state index in [9.17, 15) is 17.6 Å². The van der Waals surface area contributed by atoms with Crippen LogP contribution in [0.25, 0.3) is 0 Å². The maximum absolute atomic E-state index is 11.7. The van der Waals surface area contributed by atoms with Crippen molar-refractivity contribution in [1.82, 2.24) is 0 Å². The third kappa shape index (κ3) is 46.1. The molecule has 0 aliphatic heterocycles. The summed E-state index contributed by atoms with van der Waals surface area (Å²) < 4.78 is 45.9. The van der Waals surface area contributed by atoms with E-state index in [2.05, 4.69) is 41.5 Å². The van der Waals surface area contributed by atoms with E-state index in [-0.39, 0.29) is 24.2 Å². The van der Waals surface area contributed by atoms with Crippen LogP contribution in [0, 0.1) is 29.6 Å². The maximum Gasteiger partial charge on any atom is 0.238 e. The van der Waals surface area contributed by atoms with Crippen molar-refractivity contribution >= 4 is 0 Å². The van der Waals surface area contributed by atoms with Gasteiger partial charge in [-0.1, -0.05) is 94.9 Å². The number of alkyl halides is 4. The first-order chi connectivity index (χ1) is 12.4. The molecule has 0 atom stereocenters. The molecule has 0 saturated heterocycles. The predicted molar refractivity (Wildman–Crippen MR) is 115 cm³/mol. The molecule has 0 nitrogen and oxygen atoms in total. The molecule has 0 bridgehead atoms. The number of halogens is 4. The van der Waals surface area contributed by atoms with Crippen molar-refractivity contribution in [2.75, 3.05) is 13.3 Å². The molecule has 0 spiro atoms. The summed E-state index contributed by atoms with van der Waals surface area (Å²) in [5.74, 6) is 1.66. The molecule has 0 aliphatic rings. The van der Waals surface area contributed by atoms with Crippen LogP contribution in [0.4, 0.5) is 17.6 Å². The Hall–Kier alpha value is -0.280. The zero-order valence-corrected chi connectivity index (χ0v) is 19.9. The fourth-order valence-corrected chi connectivity index (χ4v) is 1.37. The zero-order valence-electron chi connectivity index (χ0n) is 19.9. The van der Waals surface area contributed by atoms with Crippen LogP contribution in [-0.2, 0) is 0 Å². The van der Waals surface area contributed by atoms with Crippen molar-refractivity contribution in [3.63, 3.8) is 0 Å². The van der Waals surface area contributed by atoms with Crippen LogP contribution >= 0.6 is 0 Å². The van der Waals surface area contributed by atoms with Crippen molar-refractivity contribution in [2.24, 2.45) is 29.6 Å². The van der Waals surface area contributed by atoms with E-state index < -0.39 is 19.8 Å². The highest BCUT2D eigenvalue weighted by Gasteiger charge is 2.11. The molecule has 0 N–H and O–H groups in total. The lowest BCUT2D eigenvalue weighted by molar-refractivity contribution is 0.121. The van der Waals surface area contributed by atoms with Gasteiger partial charge in [0.1, 0.15) is 0 Å². The van der Waals surface area contributed by atoms with Crippen LogP contribution in [0.5, 0.6) is 0 Å². The third-order valence-electron chi connectivity index (χ3n) is 3.94. The Morgan fingerprint density at radius 3 is 1.11 bits per heavy atom. The van der Waals surface area contributed by atoms with E-state index in [0.717, 1.165) is 11.8 Å². The second-order valence-electron chi connectivity index (χ2n) is 8.67. The Labute approximate surface area is 168 Å². The number of unbranched alkanes of at least 4 members (excludes halogenated alkanes) is 1. The SMILES string of the molecule is CC(C)C(CF)CF.CC(C)CC(F)F.CCC(C)C.CCCCC(C)C. The lowest BCUT2D eigenvalue weighted by Crippen LogP contribution is -2.12. The van der Waals surface area contributed by atoms with Gasteiger partial charge in [0.15, 0.2) is 0 Å². The molecule has 0 aromatic rings. The Morgan fingerprint density at radius 2 is 1.07 bits per heavy atom. The maximum atomic E-state index is 11.7. The summed E-state index contributed by atoms with van der Waals surface area (Å²) in [6.07, 6.45) is 3.35. The monoisotopic (exact) mass is 402 g/mol. The first-order valence-electron chi connectivity index (χ1n) is 10.8. The minimum atomic E-state index is -2.12. The molecule has 0 rings (SSSR count). The van der Waals surface area contributed by atoms with Gasteiger partial charge in [0.05, 0.1) is 13.3 Å². The Bertz CT molecular complexity index is 229. The van der Waals surface area contributed by atoms with Gasteiger partial charge in [-0.3, -0.25) is 8.78 Å². The molecule has 0 saturated carbocycles. The minimum Gasteiger partial charge on any atom is -0.251 e. The molecule has 0 amide bonds. The summed E-state index contributed by atoms with van der Waals surface area (Å²) in [5, 5.41) is 0. The largest absolute Gasteiger partial charge is 0.251 e. The fraction of sp³-hybridized carbons (Fsp3) is 1.00. The summed E-state index contributed by atoms with van der Waals surface area (Å²) in [7, 11) is 0. The van der Waals surface area contributed by atoms with Crippen LogP contribution in [0.3, 0.4) is 0 Å². The van der Waals surface area contributed by atoms with Gasteiger partial charge < -0.3 is 0 Å². The van der Waals surface area contributed by atoms with Crippen LogP contribution in [0.1, 0.15) is 101 Å². The van der Waals surface area contributed by atoms with Crippen molar-refractivity contribution in [3.05, 3.63) is 0 Å². The molecule has 0 aromatic heterocycles. The van der Waals surface area contributed by atoms with E-state index in [4.69, 9.17) is 0 Å². The summed E-state index contributed by atoms with van der Waals surface area (Å²) >= 11 is 0. The quantitative estimate of drug-likeness (QED) is 0.337. The fourth-order valence-electron chi connectivity index (χ4n) is 1.37.